The number of furan rings is 1. The Balaban J connectivity index is 1.96. The van der Waals surface area contributed by atoms with E-state index in [4.69, 9.17) is 20.8 Å². The summed E-state index contributed by atoms with van der Waals surface area (Å²) < 4.78 is 12.2. The molecule has 1 atom stereocenters. The Morgan fingerprint density at radius 3 is 2.75 bits per heavy atom. The number of ether oxygens (including phenoxy) is 1. The molecule has 20 heavy (non-hydrogen) atoms. The quantitative estimate of drug-likeness (QED) is 0.623. The van der Waals surface area contributed by atoms with Crippen LogP contribution < -0.4 is 4.74 Å². The summed E-state index contributed by atoms with van der Waals surface area (Å²) in [5.74, 6) is 2.21. The zero-order valence-corrected chi connectivity index (χ0v) is 13.8. The smallest absolute Gasteiger partial charge is 0.137 e. The number of methoxy groups -OCH3 is 1. The van der Waals surface area contributed by atoms with E-state index in [0.717, 1.165) is 27.0 Å². The van der Waals surface area contributed by atoms with Crippen LogP contribution in [0.25, 0.3) is 11.0 Å². The molecule has 1 fully saturated rings. The van der Waals surface area contributed by atoms with Gasteiger partial charge in [0.25, 0.3) is 0 Å². The maximum absolute atomic E-state index is 6.68. The Labute approximate surface area is 132 Å². The van der Waals surface area contributed by atoms with Gasteiger partial charge < -0.3 is 9.15 Å². The Kier molecular flexibility index (Phi) is 4.27. The van der Waals surface area contributed by atoms with Gasteiger partial charge >= 0.3 is 0 Å². The summed E-state index contributed by atoms with van der Waals surface area (Å²) in [6, 6.07) is 5.83. The number of halogens is 2. The lowest BCUT2D eigenvalue weighted by Crippen LogP contribution is -2.12. The third-order valence-corrected chi connectivity index (χ3v) is 5.55. The molecule has 2 nitrogen and oxygen atoms in total. The van der Waals surface area contributed by atoms with Crippen LogP contribution in [0.3, 0.4) is 0 Å². The van der Waals surface area contributed by atoms with Gasteiger partial charge in [0.2, 0.25) is 0 Å². The van der Waals surface area contributed by atoms with E-state index >= 15 is 0 Å². The standard InChI is InChI=1S/C16H18BrClO2/c1-19-11-7-8-13-12(9-11)14(17)16(20-13)15(18)10-5-3-2-4-6-10/h7-10,15H,2-6H2,1H3. The van der Waals surface area contributed by atoms with Crippen LogP contribution in [0.5, 0.6) is 5.75 Å². The van der Waals surface area contributed by atoms with Gasteiger partial charge in [0.1, 0.15) is 17.1 Å². The third-order valence-electron chi connectivity index (χ3n) is 4.17. The number of benzene rings is 1. The molecule has 0 N–H and O–H groups in total. The number of hydrogen-bond acceptors (Lipinski definition) is 2. The minimum Gasteiger partial charge on any atom is -0.497 e. The summed E-state index contributed by atoms with van der Waals surface area (Å²) in [7, 11) is 1.67. The first-order valence-electron chi connectivity index (χ1n) is 7.10. The van der Waals surface area contributed by atoms with Crippen LogP contribution in [0.15, 0.2) is 27.1 Å². The molecule has 1 aliphatic rings. The second-order valence-corrected chi connectivity index (χ2v) is 6.71. The number of rotatable bonds is 3. The first-order valence-corrected chi connectivity index (χ1v) is 8.33. The number of alkyl halides is 1. The summed E-state index contributed by atoms with van der Waals surface area (Å²) >= 11 is 10.3. The maximum atomic E-state index is 6.68. The van der Waals surface area contributed by atoms with Crippen molar-refractivity contribution in [3.8, 4) is 5.75 Å². The molecule has 4 heteroatoms. The topological polar surface area (TPSA) is 22.4 Å². The minimum absolute atomic E-state index is 0.0527. The van der Waals surface area contributed by atoms with E-state index in [1.165, 1.54) is 32.1 Å². The van der Waals surface area contributed by atoms with Crippen molar-refractivity contribution in [1.82, 2.24) is 0 Å². The summed E-state index contributed by atoms with van der Waals surface area (Å²) in [6.07, 6.45) is 6.28. The van der Waals surface area contributed by atoms with Gasteiger partial charge in [-0.05, 0) is 52.9 Å². The zero-order valence-electron chi connectivity index (χ0n) is 11.5. The molecule has 1 aromatic heterocycles. The molecule has 1 aromatic carbocycles. The Morgan fingerprint density at radius 2 is 2.05 bits per heavy atom. The van der Waals surface area contributed by atoms with Gasteiger partial charge in [-0.1, -0.05) is 19.3 Å². The lowest BCUT2D eigenvalue weighted by atomic mass is 9.86. The lowest BCUT2D eigenvalue weighted by Gasteiger charge is -2.24. The van der Waals surface area contributed by atoms with Crippen LogP contribution >= 0.6 is 27.5 Å². The molecule has 1 saturated carbocycles. The highest BCUT2D eigenvalue weighted by molar-refractivity contribution is 9.10. The van der Waals surface area contributed by atoms with Gasteiger partial charge in [-0.2, -0.15) is 0 Å². The molecule has 2 aromatic rings. The average molecular weight is 358 g/mol. The molecule has 1 aliphatic carbocycles. The molecule has 0 saturated heterocycles. The molecule has 108 valence electrons. The number of hydrogen-bond donors (Lipinski definition) is 0. The second kappa shape index (κ2) is 5.98. The predicted octanol–water partition coefficient (Wildman–Crippen LogP) is 6.06. The van der Waals surface area contributed by atoms with Crippen LogP contribution in [0, 0.1) is 5.92 Å². The fraction of sp³-hybridized carbons (Fsp3) is 0.500. The van der Waals surface area contributed by atoms with Crippen LogP contribution in [-0.2, 0) is 0 Å². The fourth-order valence-corrected chi connectivity index (χ4v) is 4.19. The van der Waals surface area contributed by atoms with Crippen molar-refractivity contribution in [2.75, 3.05) is 7.11 Å². The first kappa shape index (κ1) is 14.3. The van der Waals surface area contributed by atoms with Crippen LogP contribution in [0.2, 0.25) is 0 Å². The normalized spacial score (nSPS) is 18.4. The molecule has 1 unspecified atom stereocenters. The van der Waals surface area contributed by atoms with Crippen molar-refractivity contribution in [2.45, 2.75) is 37.5 Å². The van der Waals surface area contributed by atoms with E-state index in [1.54, 1.807) is 7.11 Å². The second-order valence-electron chi connectivity index (χ2n) is 5.44. The summed E-state index contributed by atoms with van der Waals surface area (Å²) in [4.78, 5) is 0. The largest absolute Gasteiger partial charge is 0.497 e. The van der Waals surface area contributed by atoms with Gasteiger partial charge in [0, 0.05) is 5.39 Å². The molecular formula is C16H18BrClO2. The Hall–Kier alpha value is -0.670. The van der Waals surface area contributed by atoms with E-state index < -0.39 is 0 Å². The van der Waals surface area contributed by atoms with Crippen molar-refractivity contribution in [2.24, 2.45) is 5.92 Å². The van der Waals surface area contributed by atoms with E-state index in [9.17, 15) is 0 Å². The maximum Gasteiger partial charge on any atom is 0.137 e. The summed E-state index contributed by atoms with van der Waals surface area (Å²) in [5, 5.41) is 0.976. The highest BCUT2D eigenvalue weighted by Crippen LogP contribution is 2.45. The SMILES string of the molecule is COc1ccc2oc(C(Cl)C3CCCCC3)c(Br)c2c1. The molecule has 0 spiro atoms. The van der Waals surface area contributed by atoms with Crippen molar-refractivity contribution >= 4 is 38.5 Å². The van der Waals surface area contributed by atoms with Crippen LogP contribution in [0.1, 0.15) is 43.2 Å². The molecule has 3 rings (SSSR count). The van der Waals surface area contributed by atoms with Crippen molar-refractivity contribution in [3.63, 3.8) is 0 Å². The summed E-state index contributed by atoms with van der Waals surface area (Å²) in [6.45, 7) is 0. The number of fused-ring (bicyclic) bond motifs is 1. The highest BCUT2D eigenvalue weighted by Gasteiger charge is 2.28. The van der Waals surface area contributed by atoms with Gasteiger partial charge in [-0.15, -0.1) is 11.6 Å². The van der Waals surface area contributed by atoms with Gasteiger partial charge in [-0.25, -0.2) is 0 Å². The third kappa shape index (κ3) is 2.58. The predicted molar refractivity (Wildman–Crippen MR) is 85.6 cm³/mol. The van der Waals surface area contributed by atoms with Gasteiger partial charge in [-0.3, -0.25) is 0 Å². The van der Waals surface area contributed by atoms with E-state index in [-0.39, 0.29) is 5.38 Å². The molecular weight excluding hydrogens is 340 g/mol. The van der Waals surface area contributed by atoms with Crippen molar-refractivity contribution < 1.29 is 9.15 Å². The zero-order chi connectivity index (χ0) is 14.1. The Morgan fingerprint density at radius 1 is 1.30 bits per heavy atom. The van der Waals surface area contributed by atoms with Crippen LogP contribution in [-0.4, -0.2) is 7.11 Å². The average Bonchev–Trinajstić information content (AvgIpc) is 2.84. The Bertz CT molecular complexity index is 602. The molecule has 0 bridgehead atoms. The van der Waals surface area contributed by atoms with Gasteiger partial charge in [0.05, 0.1) is 17.0 Å². The summed E-state index contributed by atoms with van der Waals surface area (Å²) in [5.41, 5.74) is 0.856. The monoisotopic (exact) mass is 356 g/mol. The van der Waals surface area contributed by atoms with Gasteiger partial charge in [0.15, 0.2) is 0 Å². The molecule has 1 heterocycles. The molecule has 0 amide bonds. The van der Waals surface area contributed by atoms with E-state index in [0.29, 0.717) is 5.92 Å². The van der Waals surface area contributed by atoms with Crippen molar-refractivity contribution in [1.29, 1.82) is 0 Å². The minimum atomic E-state index is -0.0527. The molecule has 0 aliphatic heterocycles. The van der Waals surface area contributed by atoms with Crippen LogP contribution in [0.4, 0.5) is 0 Å². The fourth-order valence-electron chi connectivity index (χ4n) is 3.01. The van der Waals surface area contributed by atoms with Crippen molar-refractivity contribution in [3.05, 3.63) is 28.4 Å². The molecule has 0 radical (unpaired) electrons. The van der Waals surface area contributed by atoms with E-state index in [1.807, 2.05) is 18.2 Å². The van der Waals surface area contributed by atoms with E-state index in [2.05, 4.69) is 15.9 Å². The lowest BCUT2D eigenvalue weighted by molar-refractivity contribution is 0.327. The highest BCUT2D eigenvalue weighted by atomic mass is 79.9. The first-order chi connectivity index (χ1) is 9.70.